The molecule has 0 atom stereocenters. The highest BCUT2D eigenvalue weighted by atomic mass is 79.9. The number of halogens is 1. The van der Waals surface area contributed by atoms with Gasteiger partial charge in [-0.05, 0) is 36.2 Å². The molecule has 100 valence electrons. The number of nitrogens with two attached hydrogens (primary N) is 1. The number of primary amides is 1. The van der Waals surface area contributed by atoms with E-state index in [1.54, 1.807) is 16.7 Å². The first-order chi connectivity index (χ1) is 9.10. The Morgan fingerprint density at radius 2 is 2.21 bits per heavy atom. The predicted octanol–water partition coefficient (Wildman–Crippen LogP) is 3.78. The van der Waals surface area contributed by atoms with Crippen LogP contribution in [0.25, 0.3) is 0 Å². The lowest BCUT2D eigenvalue weighted by molar-refractivity contribution is 0.100. The second kappa shape index (κ2) is 6.21. The second-order valence-corrected chi connectivity index (χ2v) is 6.09. The van der Waals surface area contributed by atoms with Gasteiger partial charge in [-0.2, -0.15) is 0 Å². The fourth-order valence-electron chi connectivity index (χ4n) is 1.81. The Morgan fingerprint density at radius 1 is 1.42 bits per heavy atom. The third-order valence-corrected chi connectivity index (χ3v) is 4.27. The Kier molecular flexibility index (Phi) is 4.61. The van der Waals surface area contributed by atoms with Gasteiger partial charge in [0, 0.05) is 27.0 Å². The molecule has 2 rings (SSSR count). The van der Waals surface area contributed by atoms with Crippen LogP contribution in [0, 0.1) is 0 Å². The molecule has 0 bridgehead atoms. The number of nitrogens with one attached hydrogen (secondary N) is 1. The van der Waals surface area contributed by atoms with E-state index in [2.05, 4.69) is 40.3 Å². The first-order valence-electron chi connectivity index (χ1n) is 5.99. The zero-order valence-electron chi connectivity index (χ0n) is 10.6. The fraction of sp³-hybridized carbons (Fsp3) is 0.214. The molecule has 0 aliphatic carbocycles. The first kappa shape index (κ1) is 14.1. The van der Waals surface area contributed by atoms with Gasteiger partial charge in [0.2, 0.25) is 5.91 Å². The van der Waals surface area contributed by atoms with Crippen LogP contribution in [0.5, 0.6) is 0 Å². The molecule has 1 aromatic heterocycles. The van der Waals surface area contributed by atoms with E-state index < -0.39 is 0 Å². The molecular formula is C14H15BrN2OS. The largest absolute Gasteiger partial charge is 0.380 e. The van der Waals surface area contributed by atoms with Gasteiger partial charge in [-0.25, -0.2) is 0 Å². The Balaban J connectivity index is 2.07. The lowest BCUT2D eigenvalue weighted by Crippen LogP contribution is -2.09. The van der Waals surface area contributed by atoms with E-state index in [1.165, 1.54) is 5.56 Å². The van der Waals surface area contributed by atoms with E-state index in [4.69, 9.17) is 5.73 Å². The van der Waals surface area contributed by atoms with Crippen LogP contribution in [0.15, 0.2) is 34.1 Å². The molecule has 3 N–H and O–H groups in total. The highest BCUT2D eigenvalue weighted by molar-refractivity contribution is 9.10. The Bertz CT molecular complexity index is 595. The van der Waals surface area contributed by atoms with Crippen molar-refractivity contribution in [1.82, 2.24) is 0 Å². The zero-order valence-corrected chi connectivity index (χ0v) is 13.0. The summed E-state index contributed by atoms with van der Waals surface area (Å²) in [4.78, 5) is 12.1. The SMILES string of the molecule is CCc1cc(Br)ccc1NCc1cc(C(N)=O)cs1. The molecule has 0 spiro atoms. The second-order valence-electron chi connectivity index (χ2n) is 4.17. The van der Waals surface area contributed by atoms with Gasteiger partial charge in [-0.3, -0.25) is 4.79 Å². The molecular weight excluding hydrogens is 324 g/mol. The minimum absolute atomic E-state index is 0.375. The normalized spacial score (nSPS) is 10.4. The average molecular weight is 339 g/mol. The summed E-state index contributed by atoms with van der Waals surface area (Å²) in [5.41, 5.74) is 8.21. The van der Waals surface area contributed by atoms with Crippen molar-refractivity contribution in [3.63, 3.8) is 0 Å². The molecule has 1 heterocycles. The van der Waals surface area contributed by atoms with Crippen LogP contribution in [0.3, 0.4) is 0 Å². The number of carbonyl (C=O) groups is 1. The van der Waals surface area contributed by atoms with Crippen LogP contribution in [0.1, 0.15) is 27.7 Å². The van der Waals surface area contributed by atoms with E-state index in [-0.39, 0.29) is 5.91 Å². The van der Waals surface area contributed by atoms with Crippen molar-refractivity contribution in [2.75, 3.05) is 5.32 Å². The van der Waals surface area contributed by atoms with Crippen molar-refractivity contribution in [2.45, 2.75) is 19.9 Å². The van der Waals surface area contributed by atoms with Crippen LogP contribution in [-0.4, -0.2) is 5.91 Å². The lowest BCUT2D eigenvalue weighted by atomic mass is 10.1. The summed E-state index contributed by atoms with van der Waals surface area (Å²) < 4.78 is 1.09. The van der Waals surface area contributed by atoms with Crippen molar-refractivity contribution >= 4 is 38.9 Å². The molecule has 0 fully saturated rings. The average Bonchev–Trinajstić information content (AvgIpc) is 2.86. The summed E-state index contributed by atoms with van der Waals surface area (Å²) in [6.07, 6.45) is 0.971. The van der Waals surface area contributed by atoms with Crippen LogP contribution < -0.4 is 11.1 Å². The maximum Gasteiger partial charge on any atom is 0.249 e. The van der Waals surface area contributed by atoms with E-state index >= 15 is 0 Å². The summed E-state index contributed by atoms with van der Waals surface area (Å²) in [5, 5.41) is 5.19. The molecule has 0 aliphatic rings. The van der Waals surface area contributed by atoms with Crippen molar-refractivity contribution < 1.29 is 4.79 Å². The number of anilines is 1. The number of aryl methyl sites for hydroxylation is 1. The quantitative estimate of drug-likeness (QED) is 0.871. The van der Waals surface area contributed by atoms with Crippen LogP contribution >= 0.6 is 27.3 Å². The standard InChI is InChI=1S/C14H15BrN2OS/c1-2-9-5-11(15)3-4-13(9)17-7-12-6-10(8-19-12)14(16)18/h3-6,8,17H,2,7H2,1H3,(H2,16,18). The number of thiophene rings is 1. The van der Waals surface area contributed by atoms with Crippen molar-refractivity contribution in [3.05, 3.63) is 50.1 Å². The molecule has 0 saturated carbocycles. The van der Waals surface area contributed by atoms with Crippen molar-refractivity contribution in [1.29, 1.82) is 0 Å². The number of benzene rings is 1. The van der Waals surface area contributed by atoms with Crippen LogP contribution in [0.2, 0.25) is 0 Å². The van der Waals surface area contributed by atoms with Gasteiger partial charge in [0.25, 0.3) is 0 Å². The Labute approximate surface area is 125 Å². The van der Waals surface area contributed by atoms with E-state index in [9.17, 15) is 4.79 Å². The topological polar surface area (TPSA) is 55.1 Å². The molecule has 1 aromatic carbocycles. The van der Waals surface area contributed by atoms with Gasteiger partial charge in [-0.1, -0.05) is 22.9 Å². The van der Waals surface area contributed by atoms with E-state index in [0.717, 1.165) is 21.5 Å². The minimum atomic E-state index is -0.375. The maximum absolute atomic E-state index is 11.0. The maximum atomic E-state index is 11.0. The number of rotatable bonds is 5. The molecule has 0 aliphatic heterocycles. The molecule has 19 heavy (non-hydrogen) atoms. The van der Waals surface area contributed by atoms with Gasteiger partial charge in [0.1, 0.15) is 0 Å². The van der Waals surface area contributed by atoms with Crippen LogP contribution in [-0.2, 0) is 13.0 Å². The summed E-state index contributed by atoms with van der Waals surface area (Å²) in [5.74, 6) is -0.375. The van der Waals surface area contributed by atoms with Gasteiger partial charge in [-0.15, -0.1) is 11.3 Å². The summed E-state index contributed by atoms with van der Waals surface area (Å²) >= 11 is 5.02. The third-order valence-electron chi connectivity index (χ3n) is 2.84. The summed E-state index contributed by atoms with van der Waals surface area (Å²) in [6, 6.07) is 8.03. The molecule has 5 heteroatoms. The Hall–Kier alpha value is -1.33. The molecule has 3 nitrogen and oxygen atoms in total. The summed E-state index contributed by atoms with van der Waals surface area (Å²) in [6.45, 7) is 2.83. The van der Waals surface area contributed by atoms with Gasteiger partial charge in [0.15, 0.2) is 0 Å². The van der Waals surface area contributed by atoms with Crippen molar-refractivity contribution in [2.24, 2.45) is 5.73 Å². The fourth-order valence-corrected chi connectivity index (χ4v) is 3.03. The number of hydrogen-bond donors (Lipinski definition) is 2. The number of carbonyl (C=O) groups excluding carboxylic acids is 1. The first-order valence-corrected chi connectivity index (χ1v) is 7.67. The molecule has 2 aromatic rings. The van der Waals surface area contributed by atoms with Crippen molar-refractivity contribution in [3.8, 4) is 0 Å². The number of amides is 1. The lowest BCUT2D eigenvalue weighted by Gasteiger charge is -2.10. The number of hydrogen-bond acceptors (Lipinski definition) is 3. The molecule has 0 saturated heterocycles. The molecule has 0 radical (unpaired) electrons. The monoisotopic (exact) mass is 338 g/mol. The highest BCUT2D eigenvalue weighted by Crippen LogP contribution is 2.23. The molecule has 1 amide bonds. The predicted molar refractivity (Wildman–Crippen MR) is 83.7 cm³/mol. The zero-order chi connectivity index (χ0) is 13.8. The summed E-state index contributed by atoms with van der Waals surface area (Å²) in [7, 11) is 0. The highest BCUT2D eigenvalue weighted by Gasteiger charge is 2.06. The smallest absolute Gasteiger partial charge is 0.249 e. The van der Waals surface area contributed by atoms with Gasteiger partial charge >= 0.3 is 0 Å². The Morgan fingerprint density at radius 3 is 2.84 bits per heavy atom. The van der Waals surface area contributed by atoms with Gasteiger partial charge < -0.3 is 11.1 Å². The molecule has 0 unspecified atom stereocenters. The van der Waals surface area contributed by atoms with Gasteiger partial charge in [0.05, 0.1) is 5.56 Å². The van der Waals surface area contributed by atoms with E-state index in [0.29, 0.717) is 12.1 Å². The van der Waals surface area contributed by atoms with E-state index in [1.807, 2.05) is 12.1 Å². The minimum Gasteiger partial charge on any atom is -0.380 e. The third kappa shape index (κ3) is 3.58. The van der Waals surface area contributed by atoms with Crippen LogP contribution in [0.4, 0.5) is 5.69 Å².